The van der Waals surface area contributed by atoms with Crippen LogP contribution in [0, 0.1) is 0 Å². The van der Waals surface area contributed by atoms with Crippen LogP contribution in [-0.2, 0) is 17.9 Å². The molecule has 0 aliphatic heterocycles. The third kappa shape index (κ3) is 5.10. The Bertz CT molecular complexity index is 389. The van der Waals surface area contributed by atoms with Gasteiger partial charge in [0.25, 0.3) is 0 Å². The Morgan fingerprint density at radius 3 is 2.29 bits per heavy atom. The molecule has 92 valence electrons. The maximum absolute atomic E-state index is 11.0. The molecule has 1 aromatic rings. The number of urea groups is 1. The highest BCUT2D eigenvalue weighted by molar-refractivity contribution is 5.94. The van der Waals surface area contributed by atoms with Gasteiger partial charge in [0, 0.05) is 6.54 Å². The van der Waals surface area contributed by atoms with Crippen LogP contribution < -0.4 is 16.4 Å². The van der Waals surface area contributed by atoms with E-state index < -0.39 is 11.9 Å². The number of primary amides is 1. The van der Waals surface area contributed by atoms with Crippen LogP contribution in [0.5, 0.6) is 0 Å². The van der Waals surface area contributed by atoms with Crippen molar-refractivity contribution in [3.8, 4) is 0 Å². The van der Waals surface area contributed by atoms with Crippen LogP contribution in [0.2, 0.25) is 0 Å². The summed E-state index contributed by atoms with van der Waals surface area (Å²) in [6.45, 7) is 0.525. The topological polar surface area (TPSA) is 104 Å². The number of imide groups is 1. The monoisotopic (exact) mass is 237 g/mol. The molecule has 1 rings (SSSR count). The van der Waals surface area contributed by atoms with Crippen molar-refractivity contribution in [2.45, 2.75) is 13.2 Å². The molecule has 6 nitrogen and oxygen atoms in total. The van der Waals surface area contributed by atoms with Gasteiger partial charge in [0.2, 0.25) is 5.91 Å². The molecule has 0 heterocycles. The molecule has 0 saturated heterocycles. The van der Waals surface area contributed by atoms with Crippen LogP contribution >= 0.6 is 0 Å². The van der Waals surface area contributed by atoms with E-state index in [1.807, 2.05) is 17.4 Å². The molecule has 0 fully saturated rings. The fourth-order valence-electron chi connectivity index (χ4n) is 1.26. The van der Waals surface area contributed by atoms with E-state index in [9.17, 15) is 9.59 Å². The van der Waals surface area contributed by atoms with Gasteiger partial charge in [0.15, 0.2) is 0 Å². The van der Waals surface area contributed by atoms with Crippen molar-refractivity contribution in [2.24, 2.45) is 5.73 Å². The van der Waals surface area contributed by atoms with E-state index in [2.05, 4.69) is 5.32 Å². The highest BCUT2D eigenvalue weighted by atomic mass is 16.3. The number of hydrogen-bond donors (Lipinski definition) is 4. The van der Waals surface area contributed by atoms with Gasteiger partial charge in [-0.05, 0) is 11.1 Å². The summed E-state index contributed by atoms with van der Waals surface area (Å²) in [6.07, 6.45) is 0. The zero-order valence-corrected chi connectivity index (χ0v) is 9.27. The lowest BCUT2D eigenvalue weighted by atomic mass is 10.1. The van der Waals surface area contributed by atoms with Crippen LogP contribution in [-0.4, -0.2) is 23.6 Å². The lowest BCUT2D eigenvalue weighted by Gasteiger charge is -2.05. The third-order valence-electron chi connectivity index (χ3n) is 2.08. The van der Waals surface area contributed by atoms with E-state index >= 15 is 0 Å². The first-order valence-corrected chi connectivity index (χ1v) is 5.10. The van der Waals surface area contributed by atoms with Crippen LogP contribution in [0.1, 0.15) is 11.1 Å². The number of benzene rings is 1. The molecule has 3 amide bonds. The Morgan fingerprint density at radius 1 is 1.18 bits per heavy atom. The second kappa shape index (κ2) is 6.62. The molecule has 0 atom stereocenters. The van der Waals surface area contributed by atoms with Crippen LogP contribution in [0.3, 0.4) is 0 Å². The summed E-state index contributed by atoms with van der Waals surface area (Å²) >= 11 is 0. The van der Waals surface area contributed by atoms with E-state index in [1.54, 1.807) is 12.1 Å². The number of carbonyl (C=O) groups excluding carboxylic acids is 2. The highest BCUT2D eigenvalue weighted by Gasteiger charge is 2.02. The number of carbonyl (C=O) groups is 2. The number of aliphatic hydroxyl groups excluding tert-OH is 1. The lowest BCUT2D eigenvalue weighted by molar-refractivity contribution is -0.119. The van der Waals surface area contributed by atoms with E-state index in [1.165, 1.54) is 0 Å². The Balaban J connectivity index is 2.30. The fraction of sp³-hybridized carbons (Fsp3) is 0.273. The first-order chi connectivity index (χ1) is 8.11. The second-order valence-electron chi connectivity index (χ2n) is 3.49. The van der Waals surface area contributed by atoms with E-state index in [0.717, 1.165) is 11.1 Å². The summed E-state index contributed by atoms with van der Waals surface area (Å²) in [5.41, 5.74) is 6.60. The number of rotatable bonds is 5. The molecule has 0 bridgehead atoms. The van der Waals surface area contributed by atoms with Gasteiger partial charge in [-0.2, -0.15) is 0 Å². The normalized spacial score (nSPS) is 9.94. The largest absolute Gasteiger partial charge is 0.392 e. The van der Waals surface area contributed by atoms with Crippen molar-refractivity contribution < 1.29 is 14.7 Å². The summed E-state index contributed by atoms with van der Waals surface area (Å²) in [6, 6.07) is 6.46. The zero-order chi connectivity index (χ0) is 12.7. The first-order valence-electron chi connectivity index (χ1n) is 5.10. The summed E-state index contributed by atoms with van der Waals surface area (Å²) in [5, 5.41) is 13.7. The van der Waals surface area contributed by atoms with Crippen molar-refractivity contribution in [3.05, 3.63) is 35.4 Å². The minimum atomic E-state index is -0.857. The van der Waals surface area contributed by atoms with Gasteiger partial charge < -0.3 is 16.2 Å². The quantitative estimate of drug-likeness (QED) is 0.552. The van der Waals surface area contributed by atoms with Crippen molar-refractivity contribution in [1.82, 2.24) is 10.6 Å². The standard InChI is InChI=1S/C11H15N3O3/c12-11(17)14-10(16)6-13-5-8-1-3-9(7-15)4-2-8/h1-4,13,15H,5-7H2,(H3,12,14,16,17). The molecule has 1 aromatic carbocycles. The molecular weight excluding hydrogens is 222 g/mol. The predicted octanol–water partition coefficient (Wildman–Crippen LogP) is -0.537. The van der Waals surface area contributed by atoms with Gasteiger partial charge in [0.05, 0.1) is 13.2 Å². The van der Waals surface area contributed by atoms with E-state index in [4.69, 9.17) is 10.8 Å². The summed E-state index contributed by atoms with van der Waals surface area (Å²) in [5.74, 6) is -0.468. The van der Waals surface area contributed by atoms with Crippen molar-refractivity contribution in [2.75, 3.05) is 6.54 Å². The van der Waals surface area contributed by atoms with Gasteiger partial charge in [0.1, 0.15) is 0 Å². The lowest BCUT2D eigenvalue weighted by Crippen LogP contribution is -2.40. The molecule has 0 aliphatic rings. The molecule has 0 unspecified atom stereocenters. The first kappa shape index (κ1) is 13.1. The number of aliphatic hydroxyl groups is 1. The maximum atomic E-state index is 11.0. The highest BCUT2D eigenvalue weighted by Crippen LogP contribution is 2.03. The Labute approximate surface area is 98.8 Å². The molecule has 17 heavy (non-hydrogen) atoms. The molecule has 0 radical (unpaired) electrons. The average molecular weight is 237 g/mol. The Hall–Kier alpha value is -1.92. The van der Waals surface area contributed by atoms with Crippen molar-refractivity contribution in [3.63, 3.8) is 0 Å². The number of hydrogen-bond acceptors (Lipinski definition) is 4. The van der Waals surface area contributed by atoms with Crippen LogP contribution in [0.15, 0.2) is 24.3 Å². The average Bonchev–Trinajstić information content (AvgIpc) is 2.29. The SMILES string of the molecule is NC(=O)NC(=O)CNCc1ccc(CO)cc1. The van der Waals surface area contributed by atoms with Crippen LogP contribution in [0.25, 0.3) is 0 Å². The van der Waals surface area contributed by atoms with Crippen molar-refractivity contribution in [1.29, 1.82) is 0 Å². The van der Waals surface area contributed by atoms with Gasteiger partial charge in [-0.3, -0.25) is 10.1 Å². The minimum absolute atomic E-state index is 0.00866. The van der Waals surface area contributed by atoms with Gasteiger partial charge in [-0.15, -0.1) is 0 Å². The number of nitrogens with one attached hydrogen (secondary N) is 2. The summed E-state index contributed by atoms with van der Waals surface area (Å²) in [7, 11) is 0. The molecular formula is C11H15N3O3. The molecule has 6 heteroatoms. The molecule has 0 aromatic heterocycles. The Morgan fingerprint density at radius 2 is 1.76 bits per heavy atom. The third-order valence-corrected chi connectivity index (χ3v) is 2.08. The van der Waals surface area contributed by atoms with Gasteiger partial charge in [-0.1, -0.05) is 24.3 Å². The maximum Gasteiger partial charge on any atom is 0.318 e. The predicted molar refractivity (Wildman–Crippen MR) is 61.8 cm³/mol. The Kier molecular flexibility index (Phi) is 5.12. The molecule has 0 spiro atoms. The summed E-state index contributed by atoms with van der Waals surface area (Å²) in [4.78, 5) is 21.4. The van der Waals surface area contributed by atoms with E-state index in [0.29, 0.717) is 6.54 Å². The number of amides is 3. The smallest absolute Gasteiger partial charge is 0.318 e. The zero-order valence-electron chi connectivity index (χ0n) is 9.27. The van der Waals surface area contributed by atoms with Gasteiger partial charge >= 0.3 is 6.03 Å². The molecule has 0 saturated carbocycles. The van der Waals surface area contributed by atoms with E-state index in [-0.39, 0.29) is 13.2 Å². The van der Waals surface area contributed by atoms with Crippen molar-refractivity contribution >= 4 is 11.9 Å². The molecule has 0 aliphatic carbocycles. The second-order valence-corrected chi connectivity index (χ2v) is 3.49. The molecule has 5 N–H and O–H groups in total. The van der Waals surface area contributed by atoms with Gasteiger partial charge in [-0.25, -0.2) is 4.79 Å². The fourth-order valence-corrected chi connectivity index (χ4v) is 1.26. The van der Waals surface area contributed by atoms with Crippen LogP contribution in [0.4, 0.5) is 4.79 Å². The minimum Gasteiger partial charge on any atom is -0.392 e. The number of nitrogens with two attached hydrogens (primary N) is 1. The summed E-state index contributed by atoms with van der Waals surface area (Å²) < 4.78 is 0.